The Morgan fingerprint density at radius 1 is 1.33 bits per heavy atom. The number of carbonyl (C=O) groups excluding carboxylic acids is 1. The topological polar surface area (TPSA) is 118 Å². The van der Waals surface area contributed by atoms with Crippen LogP contribution in [0.1, 0.15) is 17.5 Å². The molecule has 2 N–H and O–H groups in total. The van der Waals surface area contributed by atoms with Crippen LogP contribution < -0.4 is 21.7 Å². The normalized spacial score (nSPS) is 14.1. The highest BCUT2D eigenvalue weighted by molar-refractivity contribution is 5.77. The van der Waals surface area contributed by atoms with Gasteiger partial charge in [-0.05, 0) is 42.5 Å². The molecule has 1 aromatic carbocycles. The summed E-state index contributed by atoms with van der Waals surface area (Å²) in [6.07, 6.45) is 4.76. The first-order chi connectivity index (χ1) is 14.4. The van der Waals surface area contributed by atoms with Gasteiger partial charge in [0, 0.05) is 13.2 Å². The summed E-state index contributed by atoms with van der Waals surface area (Å²) in [4.78, 5) is 42.0. The molecule has 3 aromatic rings. The van der Waals surface area contributed by atoms with E-state index in [4.69, 9.17) is 15.2 Å². The van der Waals surface area contributed by atoms with Crippen LogP contribution in [0.4, 0.5) is 0 Å². The average molecular weight is 410 g/mol. The molecule has 156 valence electrons. The molecule has 0 saturated heterocycles. The number of benzene rings is 1. The molecule has 1 aliphatic rings. The van der Waals surface area contributed by atoms with Crippen LogP contribution >= 0.6 is 0 Å². The van der Waals surface area contributed by atoms with Gasteiger partial charge in [0.05, 0.1) is 36.5 Å². The van der Waals surface area contributed by atoms with Crippen LogP contribution in [0.25, 0.3) is 16.6 Å². The lowest BCUT2D eigenvalue weighted by Gasteiger charge is -2.24. The first-order valence-corrected chi connectivity index (χ1v) is 9.61. The number of nitrogens with two attached hydrogens (primary N) is 1. The SMILES string of the molecule is COC(=O)[C@@H](N)Cc1ccc(-n2c(=O)c3ccncc3n(C)c2=O)c2c1CCCO2. The molecular weight excluding hydrogens is 388 g/mol. The van der Waals surface area contributed by atoms with E-state index in [-0.39, 0.29) is 6.42 Å². The van der Waals surface area contributed by atoms with Crippen molar-refractivity contribution < 1.29 is 14.3 Å². The number of nitrogens with zero attached hydrogens (tertiary/aromatic N) is 3. The van der Waals surface area contributed by atoms with Crippen LogP contribution in [-0.2, 0) is 29.4 Å². The fourth-order valence-corrected chi connectivity index (χ4v) is 3.86. The van der Waals surface area contributed by atoms with Crippen molar-refractivity contribution in [2.45, 2.75) is 25.3 Å². The number of hydrogen-bond acceptors (Lipinski definition) is 7. The second-order valence-corrected chi connectivity index (χ2v) is 7.21. The van der Waals surface area contributed by atoms with Gasteiger partial charge in [-0.1, -0.05) is 6.07 Å². The number of rotatable bonds is 4. The van der Waals surface area contributed by atoms with Gasteiger partial charge in [-0.2, -0.15) is 0 Å². The minimum atomic E-state index is -0.810. The summed E-state index contributed by atoms with van der Waals surface area (Å²) >= 11 is 0. The Morgan fingerprint density at radius 2 is 2.13 bits per heavy atom. The third-order valence-corrected chi connectivity index (χ3v) is 5.41. The van der Waals surface area contributed by atoms with Crippen LogP contribution in [0, 0.1) is 0 Å². The van der Waals surface area contributed by atoms with E-state index < -0.39 is 23.3 Å². The van der Waals surface area contributed by atoms with Crippen molar-refractivity contribution in [2.24, 2.45) is 12.8 Å². The summed E-state index contributed by atoms with van der Waals surface area (Å²) < 4.78 is 13.1. The van der Waals surface area contributed by atoms with E-state index >= 15 is 0 Å². The molecular formula is C21H22N4O5. The molecule has 0 spiro atoms. The molecule has 4 rings (SSSR count). The predicted molar refractivity (Wildman–Crippen MR) is 110 cm³/mol. The smallest absolute Gasteiger partial charge is 0.336 e. The summed E-state index contributed by atoms with van der Waals surface area (Å²) in [5.74, 6) is -0.0267. The lowest BCUT2D eigenvalue weighted by molar-refractivity contribution is -0.142. The maximum Gasteiger partial charge on any atom is 0.336 e. The molecule has 0 aliphatic carbocycles. The molecule has 1 atom stereocenters. The third-order valence-electron chi connectivity index (χ3n) is 5.41. The average Bonchev–Trinajstić information content (AvgIpc) is 2.78. The minimum Gasteiger partial charge on any atom is -0.491 e. The lowest BCUT2D eigenvalue weighted by atomic mass is 9.94. The number of aryl methyl sites for hydroxylation is 1. The van der Waals surface area contributed by atoms with Gasteiger partial charge in [0.25, 0.3) is 5.56 Å². The Kier molecular flexibility index (Phi) is 5.13. The van der Waals surface area contributed by atoms with Gasteiger partial charge < -0.3 is 15.2 Å². The summed E-state index contributed by atoms with van der Waals surface area (Å²) in [7, 11) is 2.89. The molecule has 1 aliphatic heterocycles. The molecule has 30 heavy (non-hydrogen) atoms. The van der Waals surface area contributed by atoms with E-state index in [1.807, 2.05) is 0 Å². The van der Waals surface area contributed by atoms with E-state index in [0.717, 1.165) is 22.1 Å². The van der Waals surface area contributed by atoms with Gasteiger partial charge in [0.15, 0.2) is 0 Å². The van der Waals surface area contributed by atoms with Gasteiger partial charge in [-0.25, -0.2) is 9.36 Å². The standard InChI is InChI=1S/C21H22N4O5/c1-24-17-11-23-8-7-14(17)19(26)25(21(24)28)16-6-5-12(10-15(22)20(27)29-2)13-4-3-9-30-18(13)16/h5-8,11,15H,3-4,9-10,22H2,1-2H3/t15-/m0/s1. The Labute approximate surface area is 171 Å². The molecule has 2 aromatic heterocycles. The van der Waals surface area contributed by atoms with Crippen molar-refractivity contribution in [3.63, 3.8) is 0 Å². The number of ether oxygens (including phenoxy) is 2. The Bertz CT molecular complexity index is 1260. The lowest BCUT2D eigenvalue weighted by Crippen LogP contribution is -2.38. The number of fused-ring (bicyclic) bond motifs is 2. The molecule has 0 fully saturated rings. The Hall–Kier alpha value is -3.46. The fourth-order valence-electron chi connectivity index (χ4n) is 3.86. The predicted octanol–water partition coefficient (Wildman–Crippen LogP) is 0.452. The van der Waals surface area contributed by atoms with Crippen molar-refractivity contribution in [3.05, 3.63) is 62.6 Å². The highest BCUT2D eigenvalue weighted by Crippen LogP contribution is 2.34. The summed E-state index contributed by atoms with van der Waals surface area (Å²) in [6.45, 7) is 0.471. The molecule has 0 saturated carbocycles. The van der Waals surface area contributed by atoms with E-state index in [0.29, 0.717) is 35.4 Å². The zero-order chi connectivity index (χ0) is 21.4. The van der Waals surface area contributed by atoms with Crippen molar-refractivity contribution in [3.8, 4) is 11.4 Å². The quantitative estimate of drug-likeness (QED) is 0.621. The van der Waals surface area contributed by atoms with Gasteiger partial charge in [-0.3, -0.25) is 19.1 Å². The van der Waals surface area contributed by atoms with Crippen LogP contribution in [0.15, 0.2) is 40.2 Å². The number of carbonyl (C=O) groups is 1. The van der Waals surface area contributed by atoms with Crippen molar-refractivity contribution in [2.75, 3.05) is 13.7 Å². The first-order valence-electron chi connectivity index (χ1n) is 9.61. The second-order valence-electron chi connectivity index (χ2n) is 7.21. The van der Waals surface area contributed by atoms with Crippen molar-refractivity contribution in [1.82, 2.24) is 14.1 Å². The zero-order valence-corrected chi connectivity index (χ0v) is 16.8. The highest BCUT2D eigenvalue weighted by Gasteiger charge is 2.25. The number of hydrogen-bond donors (Lipinski definition) is 1. The van der Waals surface area contributed by atoms with Gasteiger partial charge in [0.2, 0.25) is 0 Å². The van der Waals surface area contributed by atoms with E-state index in [1.165, 1.54) is 24.1 Å². The number of esters is 1. The monoisotopic (exact) mass is 410 g/mol. The van der Waals surface area contributed by atoms with Crippen LogP contribution in [0.3, 0.4) is 0 Å². The number of pyridine rings is 1. The molecule has 0 unspecified atom stereocenters. The summed E-state index contributed by atoms with van der Waals surface area (Å²) in [5.41, 5.74) is 7.53. The van der Waals surface area contributed by atoms with Crippen LogP contribution in [0.2, 0.25) is 0 Å². The van der Waals surface area contributed by atoms with Crippen molar-refractivity contribution >= 4 is 16.9 Å². The largest absolute Gasteiger partial charge is 0.491 e. The van der Waals surface area contributed by atoms with E-state index in [2.05, 4.69) is 4.98 Å². The molecule has 0 radical (unpaired) electrons. The first kappa shape index (κ1) is 19.8. The molecule has 0 bridgehead atoms. The Morgan fingerprint density at radius 3 is 2.90 bits per heavy atom. The van der Waals surface area contributed by atoms with Gasteiger partial charge >= 0.3 is 11.7 Å². The van der Waals surface area contributed by atoms with E-state index in [1.54, 1.807) is 25.2 Å². The van der Waals surface area contributed by atoms with Crippen LogP contribution in [0.5, 0.6) is 5.75 Å². The maximum absolute atomic E-state index is 13.2. The minimum absolute atomic E-state index is 0.273. The zero-order valence-electron chi connectivity index (χ0n) is 16.8. The molecule has 9 nitrogen and oxygen atoms in total. The molecule has 9 heteroatoms. The van der Waals surface area contributed by atoms with Crippen LogP contribution in [-0.4, -0.2) is 39.8 Å². The van der Waals surface area contributed by atoms with Gasteiger partial charge in [-0.15, -0.1) is 0 Å². The summed E-state index contributed by atoms with van der Waals surface area (Å²) in [6, 6.07) is 4.23. The molecule has 3 heterocycles. The van der Waals surface area contributed by atoms with Crippen molar-refractivity contribution in [1.29, 1.82) is 0 Å². The maximum atomic E-state index is 13.2. The van der Waals surface area contributed by atoms with Gasteiger partial charge in [0.1, 0.15) is 11.8 Å². The fraction of sp³-hybridized carbons (Fsp3) is 0.333. The number of aromatic nitrogens is 3. The third kappa shape index (κ3) is 3.17. The second kappa shape index (κ2) is 7.75. The number of methoxy groups -OCH3 is 1. The molecule has 0 amide bonds. The summed E-state index contributed by atoms with van der Waals surface area (Å²) in [5, 5.41) is 0.383. The highest BCUT2D eigenvalue weighted by atomic mass is 16.5. The Balaban J connectivity index is 1.92. The van der Waals surface area contributed by atoms with E-state index in [9.17, 15) is 14.4 Å².